The van der Waals surface area contributed by atoms with Crippen LogP contribution >= 0.6 is 34.2 Å². The van der Waals surface area contributed by atoms with Crippen molar-refractivity contribution in [2.45, 2.75) is 13.0 Å². The monoisotopic (exact) mass is 611 g/mol. The Morgan fingerprint density at radius 3 is 2.47 bits per heavy atom. The van der Waals surface area contributed by atoms with Crippen LogP contribution < -0.4 is 15.6 Å². The van der Waals surface area contributed by atoms with Gasteiger partial charge in [0, 0.05) is 24.2 Å². The molecule has 5 aromatic rings. The molecule has 36 heavy (non-hydrogen) atoms. The van der Waals surface area contributed by atoms with Gasteiger partial charge in [-0.3, -0.25) is 9.36 Å². The van der Waals surface area contributed by atoms with Gasteiger partial charge in [-0.1, -0.05) is 30.3 Å². The Balaban J connectivity index is 1.73. The first-order valence-corrected chi connectivity index (χ1v) is 12.3. The molecule has 180 valence electrons. The summed E-state index contributed by atoms with van der Waals surface area (Å²) >= 11 is 8.15. The summed E-state index contributed by atoms with van der Waals surface area (Å²) in [4.78, 5) is 35.8. The molecule has 11 heteroatoms. The Labute approximate surface area is 224 Å². The van der Waals surface area contributed by atoms with Crippen molar-refractivity contribution < 1.29 is 4.74 Å². The summed E-state index contributed by atoms with van der Waals surface area (Å²) in [5, 5.41) is 3.92. The summed E-state index contributed by atoms with van der Waals surface area (Å²) in [6.45, 7) is 1.92. The Morgan fingerprint density at radius 1 is 1.00 bits per heavy atom. The molecule has 0 bridgehead atoms. The van der Waals surface area contributed by atoms with Crippen molar-refractivity contribution >= 4 is 50.9 Å². The van der Waals surface area contributed by atoms with Gasteiger partial charge in [0.2, 0.25) is 5.28 Å². The number of ether oxygens (including phenoxy) is 1. The predicted molar refractivity (Wildman–Crippen MR) is 147 cm³/mol. The Hall–Kier alpha value is -3.64. The van der Waals surface area contributed by atoms with Gasteiger partial charge in [-0.2, -0.15) is 4.98 Å². The number of aromatic nitrogens is 6. The highest BCUT2D eigenvalue weighted by Gasteiger charge is 2.21. The fraction of sp³-hybridized carbons (Fsp3) is 0.120. The van der Waals surface area contributed by atoms with Gasteiger partial charge in [-0.15, -0.1) is 0 Å². The van der Waals surface area contributed by atoms with Crippen molar-refractivity contribution in [1.82, 2.24) is 29.5 Å². The van der Waals surface area contributed by atoms with Crippen LogP contribution in [-0.4, -0.2) is 36.6 Å². The van der Waals surface area contributed by atoms with Gasteiger partial charge in [0.25, 0.3) is 5.56 Å². The highest BCUT2D eigenvalue weighted by atomic mass is 127. The summed E-state index contributed by atoms with van der Waals surface area (Å²) in [6, 6.07) is 14.8. The van der Waals surface area contributed by atoms with E-state index in [2.05, 4.69) is 47.8 Å². The first-order valence-electron chi connectivity index (χ1n) is 10.9. The van der Waals surface area contributed by atoms with Gasteiger partial charge in [0.1, 0.15) is 11.6 Å². The number of rotatable bonds is 6. The molecule has 0 saturated carbocycles. The Morgan fingerprint density at radius 2 is 1.75 bits per heavy atom. The number of para-hydroxylation sites is 1. The van der Waals surface area contributed by atoms with Crippen LogP contribution in [0, 0.1) is 3.57 Å². The number of nitrogens with one attached hydrogen (secondary N) is 1. The second-order valence-corrected chi connectivity index (χ2v) is 9.31. The summed E-state index contributed by atoms with van der Waals surface area (Å²) < 4.78 is 7.48. The number of fused-ring (bicyclic) bond motifs is 1. The van der Waals surface area contributed by atoms with Crippen LogP contribution in [0.3, 0.4) is 0 Å². The molecule has 3 aromatic heterocycles. The van der Waals surface area contributed by atoms with Gasteiger partial charge < -0.3 is 10.1 Å². The molecule has 0 saturated heterocycles. The number of anilines is 1. The highest BCUT2D eigenvalue weighted by Crippen LogP contribution is 2.28. The van der Waals surface area contributed by atoms with E-state index in [-0.39, 0.29) is 16.9 Å². The molecule has 2 aromatic carbocycles. The molecule has 0 fully saturated rings. The Kier molecular flexibility index (Phi) is 6.79. The molecular formula is C25H19ClIN7O2. The second kappa shape index (κ2) is 10.2. The quantitative estimate of drug-likeness (QED) is 0.210. The highest BCUT2D eigenvalue weighted by molar-refractivity contribution is 14.1. The predicted octanol–water partition coefficient (Wildman–Crippen LogP) is 5.07. The zero-order valence-corrected chi connectivity index (χ0v) is 22.1. The van der Waals surface area contributed by atoms with Crippen LogP contribution in [0.4, 0.5) is 5.82 Å². The maximum absolute atomic E-state index is 14.1. The molecule has 3 heterocycles. The minimum atomic E-state index is -0.394. The standard InChI is InChI=1S/C25H19ClIN7O2/c1-14(31-21-18(27)13-28-24(26)33-21)22-32-19-10-6-9-17(15-11-29-25(36-2)30-12-15)20(19)23(35)34(22)16-7-4-3-5-8-16/h3-14H,1-2H3,(H,28,31,33)/t14-/m1/s1. The molecule has 0 aliphatic carbocycles. The summed E-state index contributed by atoms with van der Waals surface area (Å²) in [5.41, 5.74) is 2.40. The number of methoxy groups -OCH3 is 1. The van der Waals surface area contributed by atoms with E-state index in [0.717, 1.165) is 3.57 Å². The fourth-order valence-corrected chi connectivity index (χ4v) is 4.43. The van der Waals surface area contributed by atoms with E-state index < -0.39 is 6.04 Å². The van der Waals surface area contributed by atoms with E-state index in [1.165, 1.54) is 7.11 Å². The number of nitrogens with zero attached hydrogens (tertiary/aromatic N) is 6. The summed E-state index contributed by atoms with van der Waals surface area (Å²) in [5.74, 6) is 1.08. The van der Waals surface area contributed by atoms with Crippen LogP contribution in [0.25, 0.3) is 27.7 Å². The second-order valence-electron chi connectivity index (χ2n) is 7.81. The zero-order valence-electron chi connectivity index (χ0n) is 19.2. The Bertz CT molecular complexity index is 1610. The molecular weight excluding hydrogens is 593 g/mol. The lowest BCUT2D eigenvalue weighted by Gasteiger charge is -2.21. The molecule has 5 rings (SSSR count). The van der Waals surface area contributed by atoms with Crippen LogP contribution in [0.1, 0.15) is 18.8 Å². The third-order valence-electron chi connectivity index (χ3n) is 5.51. The third-order valence-corrected chi connectivity index (χ3v) is 6.49. The number of hydrogen-bond donors (Lipinski definition) is 1. The van der Waals surface area contributed by atoms with E-state index in [1.54, 1.807) is 23.2 Å². The van der Waals surface area contributed by atoms with E-state index in [0.29, 0.717) is 39.4 Å². The number of hydrogen-bond acceptors (Lipinski definition) is 8. The number of benzene rings is 2. The molecule has 1 N–H and O–H groups in total. The van der Waals surface area contributed by atoms with Crippen molar-refractivity contribution in [2.75, 3.05) is 12.4 Å². The SMILES string of the molecule is COc1ncc(-c2cccc3nc([C@@H](C)Nc4nc(Cl)ncc4I)n(-c4ccccc4)c(=O)c23)cn1. The number of halogens is 2. The molecule has 9 nitrogen and oxygen atoms in total. The lowest BCUT2D eigenvalue weighted by atomic mass is 10.0. The third kappa shape index (κ3) is 4.61. The van der Waals surface area contributed by atoms with Gasteiger partial charge >= 0.3 is 6.01 Å². The maximum atomic E-state index is 14.1. The van der Waals surface area contributed by atoms with Crippen molar-refractivity contribution in [3.63, 3.8) is 0 Å². The van der Waals surface area contributed by atoms with Gasteiger partial charge in [0.05, 0.1) is 33.3 Å². The van der Waals surface area contributed by atoms with Crippen LogP contribution in [0.2, 0.25) is 5.28 Å². The van der Waals surface area contributed by atoms with Crippen molar-refractivity contribution in [1.29, 1.82) is 0 Å². The summed E-state index contributed by atoms with van der Waals surface area (Å²) in [6.07, 6.45) is 4.89. The van der Waals surface area contributed by atoms with E-state index in [4.69, 9.17) is 21.3 Å². The molecule has 0 amide bonds. The minimum Gasteiger partial charge on any atom is -0.467 e. The van der Waals surface area contributed by atoms with Gasteiger partial charge in [0.15, 0.2) is 0 Å². The van der Waals surface area contributed by atoms with Crippen LogP contribution in [-0.2, 0) is 0 Å². The molecule has 0 radical (unpaired) electrons. The summed E-state index contributed by atoms with van der Waals surface area (Å²) in [7, 11) is 1.50. The van der Waals surface area contributed by atoms with E-state index in [9.17, 15) is 4.79 Å². The normalized spacial score (nSPS) is 11.9. The molecule has 0 unspecified atom stereocenters. The van der Waals surface area contributed by atoms with Gasteiger partial charge in [-0.05, 0) is 64.9 Å². The molecule has 0 spiro atoms. The average Bonchev–Trinajstić information content (AvgIpc) is 2.90. The van der Waals surface area contributed by atoms with Crippen LogP contribution in [0.5, 0.6) is 6.01 Å². The topological polar surface area (TPSA) is 108 Å². The minimum absolute atomic E-state index is 0.128. The van der Waals surface area contributed by atoms with Crippen molar-refractivity contribution in [3.05, 3.63) is 92.2 Å². The lowest BCUT2D eigenvalue weighted by molar-refractivity contribution is 0.380. The molecule has 0 aliphatic rings. The lowest BCUT2D eigenvalue weighted by Crippen LogP contribution is -2.28. The molecule has 1 atom stereocenters. The van der Waals surface area contributed by atoms with E-state index >= 15 is 0 Å². The van der Waals surface area contributed by atoms with E-state index in [1.807, 2.05) is 55.5 Å². The largest absolute Gasteiger partial charge is 0.467 e. The van der Waals surface area contributed by atoms with Crippen molar-refractivity contribution in [2.24, 2.45) is 0 Å². The zero-order chi connectivity index (χ0) is 25.2. The van der Waals surface area contributed by atoms with Crippen molar-refractivity contribution in [3.8, 4) is 22.8 Å². The first-order chi connectivity index (χ1) is 17.5. The average molecular weight is 612 g/mol. The van der Waals surface area contributed by atoms with Crippen LogP contribution in [0.15, 0.2) is 71.9 Å². The first kappa shape index (κ1) is 24.1. The smallest absolute Gasteiger partial charge is 0.316 e. The fourth-order valence-electron chi connectivity index (χ4n) is 3.88. The molecule has 0 aliphatic heterocycles. The van der Waals surface area contributed by atoms with Gasteiger partial charge in [-0.25, -0.2) is 19.9 Å². The maximum Gasteiger partial charge on any atom is 0.316 e.